The molecule has 0 saturated heterocycles. The summed E-state index contributed by atoms with van der Waals surface area (Å²) in [7, 11) is 0. The normalized spacial score (nSPS) is 18.8. The third kappa shape index (κ3) is 5.59. The second-order valence-electron chi connectivity index (χ2n) is 11.4. The van der Waals surface area contributed by atoms with Crippen molar-refractivity contribution in [2.75, 3.05) is 0 Å². The van der Waals surface area contributed by atoms with E-state index in [2.05, 4.69) is 16.7 Å². The van der Waals surface area contributed by atoms with Gasteiger partial charge >= 0.3 is 6.18 Å². The molecule has 0 amide bonds. The standard InChI is InChI=1S/C32H24F8N4O/c1-15(41)23-11-17(4-5-26(23)35)22-3-2-6-42-28(22)18(7-16-8-19(33)12-20(34)9-16)10-21(45)14-44-30-27(29(43-44)32(38,39)40)24-13-25(24)31(30,36)37/h2-6,8-9,11-12,18,24-25H,1,7,10,13-14,41H2/t18-,24-,25+/m1/s1. The van der Waals surface area contributed by atoms with E-state index in [4.69, 9.17) is 5.73 Å². The predicted molar refractivity (Wildman–Crippen MR) is 147 cm³/mol. The summed E-state index contributed by atoms with van der Waals surface area (Å²) < 4.78 is 115. The van der Waals surface area contributed by atoms with Crippen LogP contribution in [-0.2, 0) is 29.9 Å². The van der Waals surface area contributed by atoms with Crippen LogP contribution < -0.4 is 5.73 Å². The third-order valence-corrected chi connectivity index (χ3v) is 8.25. The van der Waals surface area contributed by atoms with Crippen molar-refractivity contribution in [3.05, 3.63) is 113 Å². The molecule has 2 aliphatic carbocycles. The van der Waals surface area contributed by atoms with Gasteiger partial charge in [0.2, 0.25) is 0 Å². The number of benzene rings is 2. The van der Waals surface area contributed by atoms with E-state index in [-0.39, 0.29) is 35.4 Å². The van der Waals surface area contributed by atoms with Gasteiger partial charge in [0.15, 0.2) is 11.5 Å². The van der Waals surface area contributed by atoms with Crippen molar-refractivity contribution in [3.8, 4) is 11.1 Å². The molecule has 3 atom stereocenters. The smallest absolute Gasteiger partial charge is 0.399 e. The molecule has 2 N–H and O–H groups in total. The van der Waals surface area contributed by atoms with Crippen LogP contribution in [0.25, 0.3) is 16.8 Å². The van der Waals surface area contributed by atoms with Crippen LogP contribution in [0, 0.1) is 23.4 Å². The molecular weight excluding hydrogens is 608 g/mol. The van der Waals surface area contributed by atoms with E-state index in [0.29, 0.717) is 21.9 Å². The Hall–Kier alpha value is -4.55. The maximum absolute atomic E-state index is 15.1. The van der Waals surface area contributed by atoms with Gasteiger partial charge < -0.3 is 5.73 Å². The summed E-state index contributed by atoms with van der Waals surface area (Å²) in [4.78, 5) is 17.9. The maximum atomic E-state index is 15.1. The molecule has 2 aromatic carbocycles. The van der Waals surface area contributed by atoms with Crippen molar-refractivity contribution in [1.29, 1.82) is 0 Å². The molecule has 5 nitrogen and oxygen atoms in total. The van der Waals surface area contributed by atoms with Crippen LogP contribution in [-0.4, -0.2) is 20.5 Å². The second kappa shape index (κ2) is 10.8. The molecule has 2 aromatic heterocycles. The molecule has 1 saturated carbocycles. The van der Waals surface area contributed by atoms with Crippen molar-refractivity contribution in [1.82, 2.24) is 14.8 Å². The molecule has 2 aliphatic rings. The van der Waals surface area contributed by atoms with E-state index in [1.807, 2.05) is 0 Å². The number of ketones is 1. The van der Waals surface area contributed by atoms with Crippen LogP contribution in [0.3, 0.4) is 0 Å². The minimum atomic E-state index is -5.00. The molecule has 0 aliphatic heterocycles. The Balaban J connectivity index is 1.38. The molecule has 45 heavy (non-hydrogen) atoms. The van der Waals surface area contributed by atoms with Crippen LogP contribution in [0.1, 0.15) is 58.4 Å². The summed E-state index contributed by atoms with van der Waals surface area (Å²) in [5, 5.41) is 3.42. The highest BCUT2D eigenvalue weighted by molar-refractivity contribution is 5.80. The molecule has 4 aromatic rings. The number of hydrogen-bond donors (Lipinski definition) is 1. The number of Topliss-reactive ketones (excluding diaryl/α,β-unsaturated/α-hetero) is 1. The Morgan fingerprint density at radius 2 is 1.80 bits per heavy atom. The number of nitrogens with two attached hydrogens (primary N) is 1. The first-order chi connectivity index (χ1) is 21.1. The lowest BCUT2D eigenvalue weighted by Crippen LogP contribution is -2.24. The number of hydrogen-bond acceptors (Lipinski definition) is 4. The summed E-state index contributed by atoms with van der Waals surface area (Å²) in [6.45, 7) is 2.67. The zero-order valence-electron chi connectivity index (χ0n) is 23.3. The van der Waals surface area contributed by atoms with Gasteiger partial charge in [0.25, 0.3) is 5.92 Å². The highest BCUT2D eigenvalue weighted by atomic mass is 19.4. The third-order valence-electron chi connectivity index (χ3n) is 8.25. The van der Waals surface area contributed by atoms with Gasteiger partial charge in [-0.05, 0) is 60.2 Å². The fraction of sp³-hybridized carbons (Fsp3) is 0.281. The second-order valence-corrected chi connectivity index (χ2v) is 11.4. The summed E-state index contributed by atoms with van der Waals surface area (Å²) in [5.41, 5.74) is 3.98. The maximum Gasteiger partial charge on any atom is 0.435 e. The van der Waals surface area contributed by atoms with Crippen LogP contribution in [0.4, 0.5) is 35.1 Å². The monoisotopic (exact) mass is 632 g/mol. The SMILES string of the molecule is C=C(N)c1cc(-c2cccnc2[C@@H](CC(=O)Cn2nc(C(F)(F)F)c3c2C(F)(F)[C@H]2C[C@@H]32)Cc2cc(F)cc(F)c2)ccc1F. The molecule has 0 bridgehead atoms. The van der Waals surface area contributed by atoms with Crippen molar-refractivity contribution in [3.63, 3.8) is 0 Å². The number of alkyl halides is 5. The minimum Gasteiger partial charge on any atom is -0.399 e. The van der Waals surface area contributed by atoms with Crippen molar-refractivity contribution in [2.45, 2.75) is 49.7 Å². The van der Waals surface area contributed by atoms with Crippen molar-refractivity contribution < 1.29 is 39.9 Å². The lowest BCUT2D eigenvalue weighted by molar-refractivity contribution is -0.142. The number of aromatic nitrogens is 3. The fourth-order valence-electron chi connectivity index (χ4n) is 6.30. The highest BCUT2D eigenvalue weighted by Gasteiger charge is 2.68. The Kier molecular flexibility index (Phi) is 7.32. The van der Waals surface area contributed by atoms with Gasteiger partial charge in [0, 0.05) is 52.9 Å². The molecule has 6 rings (SSSR count). The molecule has 0 unspecified atom stereocenters. The molecule has 1 fully saturated rings. The largest absolute Gasteiger partial charge is 0.435 e. The number of carbonyl (C=O) groups is 1. The van der Waals surface area contributed by atoms with Gasteiger partial charge in [-0.1, -0.05) is 18.7 Å². The van der Waals surface area contributed by atoms with Crippen molar-refractivity contribution >= 4 is 11.5 Å². The minimum absolute atomic E-state index is 0.00844. The molecular formula is C32H24F8N4O. The van der Waals surface area contributed by atoms with Gasteiger partial charge in [-0.15, -0.1) is 0 Å². The topological polar surface area (TPSA) is 73.8 Å². The summed E-state index contributed by atoms with van der Waals surface area (Å²) >= 11 is 0. The Bertz CT molecular complexity index is 1830. The average molecular weight is 633 g/mol. The quantitative estimate of drug-likeness (QED) is 0.194. The number of pyridine rings is 1. The van der Waals surface area contributed by atoms with E-state index in [0.717, 1.165) is 18.2 Å². The number of rotatable bonds is 9. The lowest BCUT2D eigenvalue weighted by atomic mass is 9.86. The van der Waals surface area contributed by atoms with Gasteiger partial charge in [0.05, 0.1) is 5.69 Å². The van der Waals surface area contributed by atoms with Crippen LogP contribution in [0.2, 0.25) is 0 Å². The highest BCUT2D eigenvalue weighted by Crippen LogP contribution is 2.68. The van der Waals surface area contributed by atoms with E-state index in [1.54, 1.807) is 12.1 Å². The molecule has 2 heterocycles. The number of nitrogens with zero attached hydrogens (tertiary/aromatic N) is 3. The van der Waals surface area contributed by atoms with Crippen LogP contribution >= 0.6 is 0 Å². The summed E-state index contributed by atoms with van der Waals surface area (Å²) in [6.07, 6.45) is -4.32. The molecule has 13 heteroatoms. The van der Waals surface area contributed by atoms with E-state index >= 15 is 8.78 Å². The molecule has 0 radical (unpaired) electrons. The average Bonchev–Trinajstić information content (AvgIpc) is 3.60. The van der Waals surface area contributed by atoms with E-state index in [9.17, 15) is 31.1 Å². The first-order valence-corrected chi connectivity index (χ1v) is 13.9. The van der Waals surface area contributed by atoms with Crippen molar-refractivity contribution in [2.24, 2.45) is 11.7 Å². The van der Waals surface area contributed by atoms with Crippen LogP contribution in [0.5, 0.6) is 0 Å². The first kappa shape index (κ1) is 30.5. The Labute approximate surface area is 251 Å². The predicted octanol–water partition coefficient (Wildman–Crippen LogP) is 7.51. The zero-order chi connectivity index (χ0) is 32.4. The lowest BCUT2D eigenvalue weighted by Gasteiger charge is -2.21. The number of halogens is 8. The van der Waals surface area contributed by atoms with E-state index in [1.165, 1.54) is 18.3 Å². The molecule has 234 valence electrons. The van der Waals surface area contributed by atoms with Gasteiger partial charge in [-0.2, -0.15) is 27.1 Å². The Morgan fingerprint density at radius 3 is 2.47 bits per heavy atom. The first-order valence-electron chi connectivity index (χ1n) is 13.9. The molecule has 0 spiro atoms. The number of carbonyl (C=O) groups excluding carboxylic acids is 1. The summed E-state index contributed by atoms with van der Waals surface area (Å²) in [5.74, 6) is -9.95. The fourth-order valence-corrected chi connectivity index (χ4v) is 6.30. The van der Waals surface area contributed by atoms with Gasteiger partial charge in [0.1, 0.15) is 29.7 Å². The van der Waals surface area contributed by atoms with E-state index < -0.39 is 83.0 Å². The Morgan fingerprint density at radius 1 is 1.09 bits per heavy atom. The van der Waals surface area contributed by atoms with Gasteiger partial charge in [-0.3, -0.25) is 14.5 Å². The van der Waals surface area contributed by atoms with Gasteiger partial charge in [-0.25, -0.2) is 13.2 Å². The number of fused-ring (bicyclic) bond motifs is 3. The zero-order valence-corrected chi connectivity index (χ0v) is 23.3. The van der Waals surface area contributed by atoms with Crippen LogP contribution in [0.15, 0.2) is 61.3 Å². The summed E-state index contributed by atoms with van der Waals surface area (Å²) in [6, 6.07) is 9.96.